The fraction of sp³-hybridized carbons (Fsp3) is 0.739. The predicted octanol–water partition coefficient (Wildman–Crippen LogP) is -1.14. The van der Waals surface area contributed by atoms with Crippen molar-refractivity contribution in [2.75, 3.05) is 6.54 Å². The molecule has 14 nitrogen and oxygen atoms in total. The molecule has 0 heterocycles. The molecule has 0 rings (SSSR count). The molecule has 0 aliphatic carbocycles. The van der Waals surface area contributed by atoms with Gasteiger partial charge in [0.25, 0.3) is 0 Å². The summed E-state index contributed by atoms with van der Waals surface area (Å²) in [7, 11) is 0. The number of guanidine groups is 1. The van der Waals surface area contributed by atoms with Crippen molar-refractivity contribution < 1.29 is 34.2 Å². The average Bonchev–Trinajstić information content (AvgIpc) is 2.84. The normalized spacial score (nSPS) is 15.7. The molecular formula is C23H43N7O7. The van der Waals surface area contributed by atoms with E-state index in [0.717, 1.165) is 0 Å². The number of nitrogens with one attached hydrogen (secondary N) is 3. The smallest absolute Gasteiger partial charge is 0.326 e. The van der Waals surface area contributed by atoms with Crippen LogP contribution in [-0.2, 0) is 24.0 Å². The fourth-order valence-corrected chi connectivity index (χ4v) is 3.34. The molecule has 0 aliphatic rings. The quantitative estimate of drug-likeness (QED) is 0.0601. The van der Waals surface area contributed by atoms with Crippen molar-refractivity contribution in [1.82, 2.24) is 16.0 Å². The highest BCUT2D eigenvalue weighted by atomic mass is 16.4. The number of amides is 3. The molecule has 6 atom stereocenters. The third-order valence-corrected chi connectivity index (χ3v) is 6.15. The van der Waals surface area contributed by atoms with E-state index < -0.39 is 53.8 Å². The lowest BCUT2D eigenvalue weighted by molar-refractivity contribution is -0.144. The number of nitrogens with zero attached hydrogens (tertiary/aromatic N) is 1. The Labute approximate surface area is 217 Å². The van der Waals surface area contributed by atoms with Crippen LogP contribution < -0.4 is 33.2 Å². The summed E-state index contributed by atoms with van der Waals surface area (Å²) in [5.41, 5.74) is 16.4. The van der Waals surface area contributed by atoms with Gasteiger partial charge in [0.1, 0.15) is 18.1 Å². The summed E-state index contributed by atoms with van der Waals surface area (Å²) in [5, 5.41) is 26.0. The van der Waals surface area contributed by atoms with Gasteiger partial charge in [0.2, 0.25) is 17.7 Å². The van der Waals surface area contributed by atoms with Crippen molar-refractivity contribution in [3.63, 3.8) is 0 Å². The van der Waals surface area contributed by atoms with Gasteiger partial charge in [0.05, 0.1) is 6.04 Å². The van der Waals surface area contributed by atoms with E-state index in [4.69, 9.17) is 22.3 Å². The van der Waals surface area contributed by atoms with E-state index in [1.807, 2.05) is 6.92 Å². The molecule has 0 bridgehead atoms. The first-order valence-electron chi connectivity index (χ1n) is 12.4. The van der Waals surface area contributed by atoms with Gasteiger partial charge in [0.15, 0.2) is 5.96 Å². The minimum absolute atomic E-state index is 0.0967. The van der Waals surface area contributed by atoms with Crippen LogP contribution in [0.4, 0.5) is 0 Å². The minimum Gasteiger partial charge on any atom is -0.481 e. The van der Waals surface area contributed by atoms with Crippen LogP contribution in [0, 0.1) is 11.8 Å². The highest BCUT2D eigenvalue weighted by Crippen LogP contribution is 2.13. The van der Waals surface area contributed by atoms with Crippen LogP contribution in [-0.4, -0.2) is 76.5 Å². The summed E-state index contributed by atoms with van der Waals surface area (Å²) in [6.07, 6.45) is 0.959. The Hall–Kier alpha value is -3.42. The molecule has 0 aromatic heterocycles. The molecule has 212 valence electrons. The first kappa shape index (κ1) is 33.6. The van der Waals surface area contributed by atoms with Crippen LogP contribution >= 0.6 is 0 Å². The lowest BCUT2D eigenvalue weighted by atomic mass is 9.95. The number of aliphatic carboxylic acids is 2. The lowest BCUT2D eigenvalue weighted by Crippen LogP contribution is -2.59. The molecule has 0 aliphatic heterocycles. The molecule has 6 unspecified atom stereocenters. The van der Waals surface area contributed by atoms with Gasteiger partial charge >= 0.3 is 11.9 Å². The van der Waals surface area contributed by atoms with Gasteiger partial charge in [-0.05, 0) is 31.1 Å². The molecule has 3 amide bonds. The number of hydrogen-bond donors (Lipinski definition) is 8. The number of aliphatic imine (C=N–C) groups is 1. The second-order valence-electron chi connectivity index (χ2n) is 9.13. The summed E-state index contributed by atoms with van der Waals surface area (Å²) in [4.78, 5) is 65.1. The third kappa shape index (κ3) is 12.9. The van der Waals surface area contributed by atoms with Gasteiger partial charge in [-0.15, -0.1) is 0 Å². The Bertz CT molecular complexity index is 817. The topological polar surface area (TPSA) is 252 Å². The molecule has 14 heteroatoms. The maximum Gasteiger partial charge on any atom is 0.326 e. The zero-order chi connectivity index (χ0) is 28.7. The summed E-state index contributed by atoms with van der Waals surface area (Å²) >= 11 is 0. The largest absolute Gasteiger partial charge is 0.481 e. The molecule has 0 aromatic carbocycles. The van der Waals surface area contributed by atoms with Crippen molar-refractivity contribution in [3.8, 4) is 0 Å². The highest BCUT2D eigenvalue weighted by Gasteiger charge is 2.34. The number of carboxylic acids is 2. The van der Waals surface area contributed by atoms with Crippen molar-refractivity contribution in [2.24, 2.45) is 34.0 Å². The Kier molecular flexibility index (Phi) is 15.5. The molecule has 37 heavy (non-hydrogen) atoms. The van der Waals surface area contributed by atoms with E-state index in [1.54, 1.807) is 20.8 Å². The number of carboxylic acid groups (broad SMARTS) is 2. The zero-order valence-corrected chi connectivity index (χ0v) is 22.0. The molecule has 0 fully saturated rings. The number of hydrogen-bond acceptors (Lipinski definition) is 7. The van der Waals surface area contributed by atoms with Gasteiger partial charge < -0.3 is 43.4 Å². The monoisotopic (exact) mass is 529 g/mol. The van der Waals surface area contributed by atoms with Crippen LogP contribution in [0.5, 0.6) is 0 Å². The molecule has 0 radical (unpaired) electrons. The standard InChI is InChI=1S/C23H43N7O7/c1-5-12(3)17(21(35)30-18(22(36)37)13(4)6-2)29-20(34)15(8-7-11-27-23(25)26)28-19(33)14(24)9-10-16(31)32/h12-15,17-18H,5-11,24H2,1-4H3,(H,28,33)(H,29,34)(H,30,35)(H,31,32)(H,36,37)(H4,25,26,27). The van der Waals surface area contributed by atoms with E-state index >= 15 is 0 Å². The molecule has 0 saturated carbocycles. The van der Waals surface area contributed by atoms with Crippen molar-refractivity contribution in [1.29, 1.82) is 0 Å². The number of carbonyl (C=O) groups excluding carboxylic acids is 3. The Morgan fingerprint density at radius 3 is 1.84 bits per heavy atom. The van der Waals surface area contributed by atoms with Crippen molar-refractivity contribution in [2.45, 2.75) is 90.4 Å². The van der Waals surface area contributed by atoms with Gasteiger partial charge in [-0.2, -0.15) is 0 Å². The molecular weight excluding hydrogens is 486 g/mol. The van der Waals surface area contributed by atoms with Gasteiger partial charge in [-0.25, -0.2) is 4.79 Å². The molecule has 11 N–H and O–H groups in total. The van der Waals surface area contributed by atoms with E-state index in [0.29, 0.717) is 19.3 Å². The highest BCUT2D eigenvalue weighted by molar-refractivity contribution is 5.94. The van der Waals surface area contributed by atoms with Gasteiger partial charge in [-0.1, -0.05) is 40.5 Å². The van der Waals surface area contributed by atoms with Crippen LogP contribution in [0.25, 0.3) is 0 Å². The third-order valence-electron chi connectivity index (χ3n) is 6.15. The summed E-state index contributed by atoms with van der Waals surface area (Å²) in [6, 6.07) is -4.49. The van der Waals surface area contributed by atoms with Gasteiger partial charge in [0, 0.05) is 13.0 Å². The van der Waals surface area contributed by atoms with Crippen LogP contribution in [0.2, 0.25) is 0 Å². The van der Waals surface area contributed by atoms with E-state index in [9.17, 15) is 29.1 Å². The SMILES string of the molecule is CCC(C)C(NC(=O)C(NC(=O)C(CCCN=C(N)N)NC(=O)C(N)CCC(=O)O)C(C)CC)C(=O)O. The maximum absolute atomic E-state index is 13.2. The van der Waals surface area contributed by atoms with E-state index in [1.165, 1.54) is 0 Å². The Balaban J connectivity index is 5.70. The summed E-state index contributed by atoms with van der Waals surface area (Å²) in [5.74, 6) is -5.19. The maximum atomic E-state index is 13.2. The lowest BCUT2D eigenvalue weighted by Gasteiger charge is -2.29. The first-order valence-corrected chi connectivity index (χ1v) is 12.4. The molecule has 0 saturated heterocycles. The Morgan fingerprint density at radius 2 is 1.35 bits per heavy atom. The van der Waals surface area contributed by atoms with Crippen molar-refractivity contribution in [3.05, 3.63) is 0 Å². The zero-order valence-electron chi connectivity index (χ0n) is 22.0. The molecule has 0 spiro atoms. The van der Waals surface area contributed by atoms with Crippen LogP contribution in [0.3, 0.4) is 0 Å². The second-order valence-corrected chi connectivity index (χ2v) is 9.13. The van der Waals surface area contributed by atoms with Gasteiger partial charge in [-0.3, -0.25) is 24.2 Å². The number of nitrogens with two attached hydrogens (primary N) is 3. The second kappa shape index (κ2) is 17.1. The van der Waals surface area contributed by atoms with E-state index in [2.05, 4.69) is 20.9 Å². The molecule has 0 aromatic rings. The minimum atomic E-state index is -1.18. The number of carbonyl (C=O) groups is 5. The van der Waals surface area contributed by atoms with Crippen LogP contribution in [0.1, 0.15) is 66.2 Å². The number of rotatable bonds is 18. The average molecular weight is 530 g/mol. The van der Waals surface area contributed by atoms with Crippen LogP contribution in [0.15, 0.2) is 4.99 Å². The summed E-state index contributed by atoms with van der Waals surface area (Å²) in [6.45, 7) is 7.23. The summed E-state index contributed by atoms with van der Waals surface area (Å²) < 4.78 is 0. The first-order chi connectivity index (χ1) is 17.2. The predicted molar refractivity (Wildman–Crippen MR) is 137 cm³/mol. The Morgan fingerprint density at radius 1 is 0.811 bits per heavy atom. The van der Waals surface area contributed by atoms with E-state index in [-0.39, 0.29) is 43.6 Å². The van der Waals surface area contributed by atoms with Crippen molar-refractivity contribution >= 4 is 35.6 Å². The fourth-order valence-electron chi connectivity index (χ4n) is 3.34.